The van der Waals surface area contributed by atoms with Gasteiger partial charge < -0.3 is 16.2 Å². The Kier molecular flexibility index (Phi) is 2.21. The van der Waals surface area contributed by atoms with Crippen molar-refractivity contribution < 1.29 is 14.7 Å². The van der Waals surface area contributed by atoms with Gasteiger partial charge in [0.1, 0.15) is 0 Å². The summed E-state index contributed by atoms with van der Waals surface area (Å²) in [6.45, 7) is 0.384. The highest BCUT2D eigenvalue weighted by atomic mass is 16.4. The van der Waals surface area contributed by atoms with Gasteiger partial charge in [-0.1, -0.05) is 0 Å². The zero-order valence-corrected chi connectivity index (χ0v) is 6.67. The van der Waals surface area contributed by atoms with Gasteiger partial charge in [0, 0.05) is 6.54 Å². The standard InChI is InChI=1S/C7H12N2O3/c8-6(12)9-4-7(1-2-7)3-5(10)11/h1-4H2,(H,10,11)(H3,8,9,12). The van der Waals surface area contributed by atoms with E-state index in [1.807, 2.05) is 0 Å². The number of carbonyl (C=O) groups excluding carboxylic acids is 1. The van der Waals surface area contributed by atoms with E-state index in [1.165, 1.54) is 0 Å². The van der Waals surface area contributed by atoms with Gasteiger partial charge in [-0.25, -0.2) is 4.79 Å². The minimum Gasteiger partial charge on any atom is -0.481 e. The van der Waals surface area contributed by atoms with Crippen LogP contribution in [0.15, 0.2) is 0 Å². The highest BCUT2D eigenvalue weighted by molar-refractivity contribution is 5.72. The van der Waals surface area contributed by atoms with Crippen LogP contribution in [0.2, 0.25) is 0 Å². The Hall–Kier alpha value is -1.26. The van der Waals surface area contributed by atoms with Gasteiger partial charge in [0.25, 0.3) is 0 Å². The van der Waals surface area contributed by atoms with Crippen LogP contribution in [0, 0.1) is 5.41 Å². The van der Waals surface area contributed by atoms with E-state index in [1.54, 1.807) is 0 Å². The summed E-state index contributed by atoms with van der Waals surface area (Å²) in [5, 5.41) is 10.9. The summed E-state index contributed by atoms with van der Waals surface area (Å²) in [6, 6.07) is -0.591. The Morgan fingerprint density at radius 3 is 2.42 bits per heavy atom. The molecule has 68 valence electrons. The van der Waals surface area contributed by atoms with Crippen LogP contribution < -0.4 is 11.1 Å². The maximum Gasteiger partial charge on any atom is 0.312 e. The number of amides is 2. The Morgan fingerprint density at radius 1 is 1.50 bits per heavy atom. The molecule has 2 amide bonds. The number of carboxylic acid groups (broad SMARTS) is 1. The SMILES string of the molecule is NC(=O)NCC1(CC(=O)O)CC1. The molecule has 5 nitrogen and oxygen atoms in total. The third kappa shape index (κ3) is 2.41. The second-order valence-electron chi connectivity index (χ2n) is 3.29. The molecular weight excluding hydrogens is 160 g/mol. The molecule has 12 heavy (non-hydrogen) atoms. The van der Waals surface area contributed by atoms with Crippen LogP contribution in [0.25, 0.3) is 0 Å². The van der Waals surface area contributed by atoms with Gasteiger partial charge in [-0.05, 0) is 18.3 Å². The summed E-state index contributed by atoms with van der Waals surface area (Å²) in [5.41, 5.74) is 4.65. The molecule has 5 heteroatoms. The first-order valence-corrected chi connectivity index (χ1v) is 3.79. The fourth-order valence-electron chi connectivity index (χ4n) is 1.19. The highest BCUT2D eigenvalue weighted by Crippen LogP contribution is 2.48. The molecule has 0 radical (unpaired) electrons. The molecule has 0 heterocycles. The molecule has 1 aliphatic carbocycles. The number of carbonyl (C=O) groups is 2. The van der Waals surface area contributed by atoms with Crippen molar-refractivity contribution >= 4 is 12.0 Å². The molecule has 1 fully saturated rings. The maximum atomic E-state index is 10.4. The number of primary amides is 1. The van der Waals surface area contributed by atoms with E-state index < -0.39 is 12.0 Å². The van der Waals surface area contributed by atoms with Crippen molar-refractivity contribution in [3.8, 4) is 0 Å². The summed E-state index contributed by atoms with van der Waals surface area (Å²) >= 11 is 0. The zero-order valence-electron chi connectivity index (χ0n) is 6.67. The highest BCUT2D eigenvalue weighted by Gasteiger charge is 2.44. The van der Waals surface area contributed by atoms with E-state index in [-0.39, 0.29) is 11.8 Å². The molecule has 1 rings (SSSR count). The first-order chi connectivity index (χ1) is 5.54. The zero-order chi connectivity index (χ0) is 9.19. The van der Waals surface area contributed by atoms with E-state index in [0.717, 1.165) is 12.8 Å². The monoisotopic (exact) mass is 172 g/mol. The molecule has 0 spiro atoms. The number of rotatable bonds is 4. The Labute approximate surface area is 69.9 Å². The fraction of sp³-hybridized carbons (Fsp3) is 0.714. The number of aliphatic carboxylic acids is 1. The van der Waals surface area contributed by atoms with E-state index >= 15 is 0 Å². The summed E-state index contributed by atoms with van der Waals surface area (Å²) < 4.78 is 0. The molecule has 0 aromatic carbocycles. The molecule has 1 saturated carbocycles. The number of nitrogens with one attached hydrogen (secondary N) is 1. The van der Waals surface area contributed by atoms with E-state index in [9.17, 15) is 9.59 Å². The van der Waals surface area contributed by atoms with Gasteiger partial charge in [0.2, 0.25) is 0 Å². The van der Waals surface area contributed by atoms with Crippen molar-refractivity contribution in [2.45, 2.75) is 19.3 Å². The molecular formula is C7H12N2O3. The molecule has 0 aromatic heterocycles. The average Bonchev–Trinajstić information content (AvgIpc) is 2.64. The molecule has 0 atom stereocenters. The van der Waals surface area contributed by atoms with Crippen LogP contribution >= 0.6 is 0 Å². The lowest BCUT2D eigenvalue weighted by Crippen LogP contribution is -2.35. The third-order valence-corrected chi connectivity index (χ3v) is 2.12. The summed E-state index contributed by atoms with van der Waals surface area (Å²) in [4.78, 5) is 20.7. The predicted octanol–water partition coefficient (Wildman–Crippen LogP) is -0.0904. The fourth-order valence-corrected chi connectivity index (χ4v) is 1.19. The molecule has 0 unspecified atom stereocenters. The van der Waals surface area contributed by atoms with Gasteiger partial charge in [-0.3, -0.25) is 4.79 Å². The predicted molar refractivity (Wildman–Crippen MR) is 41.5 cm³/mol. The average molecular weight is 172 g/mol. The van der Waals surface area contributed by atoms with Crippen LogP contribution in [0.3, 0.4) is 0 Å². The normalized spacial score (nSPS) is 18.3. The lowest BCUT2D eigenvalue weighted by Gasteiger charge is -2.11. The van der Waals surface area contributed by atoms with Crippen molar-refractivity contribution in [3.05, 3.63) is 0 Å². The van der Waals surface area contributed by atoms with Crippen molar-refractivity contribution in [3.63, 3.8) is 0 Å². The minimum absolute atomic E-state index is 0.118. The molecule has 0 aliphatic heterocycles. The Morgan fingerprint density at radius 2 is 2.08 bits per heavy atom. The smallest absolute Gasteiger partial charge is 0.312 e. The molecule has 4 N–H and O–H groups in total. The first-order valence-electron chi connectivity index (χ1n) is 3.79. The van der Waals surface area contributed by atoms with Gasteiger partial charge >= 0.3 is 12.0 Å². The second kappa shape index (κ2) is 3.00. The van der Waals surface area contributed by atoms with Gasteiger partial charge in [-0.2, -0.15) is 0 Å². The van der Waals surface area contributed by atoms with E-state index in [2.05, 4.69) is 5.32 Å². The van der Waals surface area contributed by atoms with Crippen molar-refractivity contribution in [1.82, 2.24) is 5.32 Å². The molecule has 0 aromatic rings. The lowest BCUT2D eigenvalue weighted by atomic mass is 10.0. The lowest BCUT2D eigenvalue weighted by molar-refractivity contribution is -0.138. The van der Waals surface area contributed by atoms with Crippen LogP contribution in [0.1, 0.15) is 19.3 Å². The molecule has 1 aliphatic rings. The number of hydrogen-bond acceptors (Lipinski definition) is 2. The Balaban J connectivity index is 2.30. The second-order valence-corrected chi connectivity index (χ2v) is 3.29. The van der Waals surface area contributed by atoms with Crippen molar-refractivity contribution in [2.75, 3.05) is 6.54 Å². The number of nitrogens with two attached hydrogens (primary N) is 1. The van der Waals surface area contributed by atoms with Crippen molar-refractivity contribution in [2.24, 2.45) is 11.1 Å². The number of urea groups is 1. The van der Waals surface area contributed by atoms with Crippen molar-refractivity contribution in [1.29, 1.82) is 0 Å². The van der Waals surface area contributed by atoms with Crippen LogP contribution in [0.5, 0.6) is 0 Å². The van der Waals surface area contributed by atoms with Crippen LogP contribution in [0.4, 0.5) is 4.79 Å². The Bertz CT molecular complexity index is 211. The van der Waals surface area contributed by atoms with E-state index in [4.69, 9.17) is 10.8 Å². The van der Waals surface area contributed by atoms with Crippen LogP contribution in [-0.2, 0) is 4.79 Å². The first kappa shape index (κ1) is 8.83. The third-order valence-electron chi connectivity index (χ3n) is 2.12. The summed E-state index contributed by atoms with van der Waals surface area (Å²) in [7, 11) is 0. The summed E-state index contributed by atoms with van der Waals surface area (Å²) in [5.74, 6) is -0.821. The molecule has 0 bridgehead atoms. The quantitative estimate of drug-likeness (QED) is 0.553. The van der Waals surface area contributed by atoms with Gasteiger partial charge in [0.15, 0.2) is 0 Å². The maximum absolute atomic E-state index is 10.4. The van der Waals surface area contributed by atoms with E-state index in [0.29, 0.717) is 6.54 Å². The molecule has 0 saturated heterocycles. The summed E-state index contributed by atoms with van der Waals surface area (Å²) in [6.07, 6.45) is 1.84. The topological polar surface area (TPSA) is 92.4 Å². The van der Waals surface area contributed by atoms with Gasteiger partial charge in [0.05, 0.1) is 6.42 Å². The van der Waals surface area contributed by atoms with Gasteiger partial charge in [-0.15, -0.1) is 0 Å². The largest absolute Gasteiger partial charge is 0.481 e. The number of hydrogen-bond donors (Lipinski definition) is 3. The minimum atomic E-state index is -0.821. The number of carboxylic acids is 1. The van der Waals surface area contributed by atoms with Crippen LogP contribution in [-0.4, -0.2) is 23.7 Å².